The fourth-order valence-electron chi connectivity index (χ4n) is 2.90. The zero-order valence-corrected chi connectivity index (χ0v) is 16.0. The smallest absolute Gasteiger partial charge is 0.230 e. The van der Waals surface area contributed by atoms with E-state index in [2.05, 4.69) is 17.3 Å². The molecule has 5 heteroatoms. The first-order valence-electron chi connectivity index (χ1n) is 9.08. The fraction of sp³-hybridized carbons (Fsp3) is 0.381. The minimum atomic E-state index is 0.0468. The van der Waals surface area contributed by atoms with Gasteiger partial charge in [0.1, 0.15) is 11.9 Å². The number of ether oxygens (including phenoxy) is 1. The van der Waals surface area contributed by atoms with E-state index < -0.39 is 0 Å². The molecule has 1 heterocycles. The molecule has 0 aromatic heterocycles. The van der Waals surface area contributed by atoms with Gasteiger partial charge in [0.2, 0.25) is 5.91 Å². The van der Waals surface area contributed by atoms with E-state index in [0.29, 0.717) is 18.4 Å². The van der Waals surface area contributed by atoms with Gasteiger partial charge in [0.25, 0.3) is 0 Å². The van der Waals surface area contributed by atoms with Gasteiger partial charge in [-0.1, -0.05) is 30.3 Å². The highest BCUT2D eigenvalue weighted by molar-refractivity contribution is 8.00. The lowest BCUT2D eigenvalue weighted by Crippen LogP contribution is -2.35. The predicted molar refractivity (Wildman–Crippen MR) is 107 cm³/mol. The molecule has 1 aliphatic rings. The van der Waals surface area contributed by atoms with Crippen molar-refractivity contribution >= 4 is 17.7 Å². The van der Waals surface area contributed by atoms with Crippen molar-refractivity contribution in [3.8, 4) is 5.75 Å². The van der Waals surface area contributed by atoms with Gasteiger partial charge in [0.05, 0.1) is 5.75 Å². The Kier molecular flexibility index (Phi) is 6.97. The summed E-state index contributed by atoms with van der Waals surface area (Å²) in [5.74, 6) is 1.39. The SMILES string of the molecule is CN1CCC(Oc2ccc(CNC(=O)CSc3ccccc3)cc2)CC1. The molecule has 1 N–H and O–H groups in total. The van der Waals surface area contributed by atoms with E-state index in [0.717, 1.165) is 42.1 Å². The van der Waals surface area contributed by atoms with Gasteiger partial charge in [-0.2, -0.15) is 0 Å². The zero-order chi connectivity index (χ0) is 18.2. The third-order valence-corrected chi connectivity index (χ3v) is 5.51. The quantitative estimate of drug-likeness (QED) is 0.757. The van der Waals surface area contributed by atoms with E-state index in [1.807, 2.05) is 54.6 Å². The number of carbonyl (C=O) groups excluding carboxylic acids is 1. The average molecular weight is 371 g/mol. The number of carbonyl (C=O) groups is 1. The molecular weight excluding hydrogens is 344 g/mol. The number of thioether (sulfide) groups is 1. The molecule has 3 rings (SSSR count). The van der Waals surface area contributed by atoms with E-state index in [1.165, 1.54) is 0 Å². The summed E-state index contributed by atoms with van der Waals surface area (Å²) in [4.78, 5) is 15.4. The van der Waals surface area contributed by atoms with E-state index in [1.54, 1.807) is 11.8 Å². The topological polar surface area (TPSA) is 41.6 Å². The maximum atomic E-state index is 12.0. The lowest BCUT2D eigenvalue weighted by molar-refractivity contribution is -0.118. The molecule has 1 fully saturated rings. The van der Waals surface area contributed by atoms with Gasteiger partial charge in [0.15, 0.2) is 0 Å². The molecule has 4 nitrogen and oxygen atoms in total. The van der Waals surface area contributed by atoms with Crippen LogP contribution in [0.2, 0.25) is 0 Å². The molecule has 0 aliphatic carbocycles. The fourth-order valence-corrected chi connectivity index (χ4v) is 3.65. The molecule has 1 saturated heterocycles. The third kappa shape index (κ3) is 6.07. The van der Waals surface area contributed by atoms with Crippen LogP contribution in [0.25, 0.3) is 0 Å². The summed E-state index contributed by atoms with van der Waals surface area (Å²) in [5, 5.41) is 2.97. The van der Waals surface area contributed by atoms with Crippen molar-refractivity contribution < 1.29 is 9.53 Å². The lowest BCUT2D eigenvalue weighted by atomic mass is 10.1. The summed E-state index contributed by atoms with van der Waals surface area (Å²) < 4.78 is 6.05. The predicted octanol–water partition coefficient (Wildman–Crippen LogP) is 3.57. The summed E-state index contributed by atoms with van der Waals surface area (Å²) in [5.41, 5.74) is 1.08. The standard InChI is InChI=1S/C21H26N2O2S/c1-23-13-11-19(12-14-23)25-18-9-7-17(8-10-18)15-22-21(24)16-26-20-5-3-2-4-6-20/h2-10,19H,11-16H2,1H3,(H,22,24). The molecular formula is C21H26N2O2S. The van der Waals surface area contributed by atoms with Crippen molar-refractivity contribution in [2.45, 2.75) is 30.4 Å². The van der Waals surface area contributed by atoms with Crippen molar-refractivity contribution in [1.82, 2.24) is 10.2 Å². The van der Waals surface area contributed by atoms with Crippen LogP contribution in [0.15, 0.2) is 59.5 Å². The second-order valence-corrected chi connectivity index (χ2v) is 7.69. The molecule has 1 aliphatic heterocycles. The number of rotatable bonds is 7. The molecule has 0 atom stereocenters. The Hall–Kier alpha value is -1.98. The molecule has 0 unspecified atom stereocenters. The first-order chi connectivity index (χ1) is 12.7. The summed E-state index contributed by atoms with van der Waals surface area (Å²) >= 11 is 1.55. The van der Waals surface area contributed by atoms with Crippen LogP contribution in [0.1, 0.15) is 18.4 Å². The third-order valence-electron chi connectivity index (χ3n) is 4.49. The van der Waals surface area contributed by atoms with E-state index in [-0.39, 0.29) is 5.91 Å². The van der Waals surface area contributed by atoms with Crippen LogP contribution < -0.4 is 10.1 Å². The molecule has 26 heavy (non-hydrogen) atoms. The Morgan fingerprint density at radius 2 is 1.81 bits per heavy atom. The maximum absolute atomic E-state index is 12.0. The Bertz CT molecular complexity index is 683. The first-order valence-corrected chi connectivity index (χ1v) is 10.1. The van der Waals surface area contributed by atoms with Gasteiger partial charge in [0, 0.05) is 24.5 Å². The van der Waals surface area contributed by atoms with Crippen molar-refractivity contribution in [3.05, 3.63) is 60.2 Å². The van der Waals surface area contributed by atoms with Crippen LogP contribution in [-0.2, 0) is 11.3 Å². The lowest BCUT2D eigenvalue weighted by Gasteiger charge is -2.29. The Morgan fingerprint density at radius 3 is 2.50 bits per heavy atom. The largest absolute Gasteiger partial charge is 0.490 e. The molecule has 0 spiro atoms. The minimum absolute atomic E-state index is 0.0468. The summed E-state index contributed by atoms with van der Waals surface area (Å²) in [7, 11) is 2.15. The van der Waals surface area contributed by atoms with Gasteiger partial charge in [-0.3, -0.25) is 4.79 Å². The second kappa shape index (κ2) is 9.64. The van der Waals surface area contributed by atoms with Gasteiger partial charge < -0.3 is 15.0 Å². The van der Waals surface area contributed by atoms with Gasteiger partial charge in [-0.25, -0.2) is 0 Å². The molecule has 0 radical (unpaired) electrons. The van der Waals surface area contributed by atoms with Crippen LogP contribution in [0.3, 0.4) is 0 Å². The van der Waals surface area contributed by atoms with Crippen LogP contribution in [0, 0.1) is 0 Å². The number of nitrogens with one attached hydrogen (secondary N) is 1. The van der Waals surface area contributed by atoms with Crippen LogP contribution >= 0.6 is 11.8 Å². The number of likely N-dealkylation sites (tertiary alicyclic amines) is 1. The van der Waals surface area contributed by atoms with Crippen molar-refractivity contribution in [2.75, 3.05) is 25.9 Å². The van der Waals surface area contributed by atoms with Crippen LogP contribution in [0.4, 0.5) is 0 Å². The molecule has 1 amide bonds. The monoisotopic (exact) mass is 370 g/mol. The van der Waals surface area contributed by atoms with Gasteiger partial charge >= 0.3 is 0 Å². The number of amides is 1. The maximum Gasteiger partial charge on any atom is 0.230 e. The number of hydrogen-bond acceptors (Lipinski definition) is 4. The second-order valence-electron chi connectivity index (χ2n) is 6.64. The highest BCUT2D eigenvalue weighted by Crippen LogP contribution is 2.19. The normalized spacial score (nSPS) is 15.6. The molecule has 0 saturated carbocycles. The zero-order valence-electron chi connectivity index (χ0n) is 15.2. The van der Waals surface area contributed by atoms with Crippen LogP contribution in [0.5, 0.6) is 5.75 Å². The number of piperidine rings is 1. The minimum Gasteiger partial charge on any atom is -0.490 e. The number of hydrogen-bond donors (Lipinski definition) is 1. The highest BCUT2D eigenvalue weighted by Gasteiger charge is 2.17. The molecule has 2 aromatic carbocycles. The number of nitrogens with zero attached hydrogens (tertiary/aromatic N) is 1. The Morgan fingerprint density at radius 1 is 1.12 bits per heavy atom. The summed E-state index contributed by atoms with van der Waals surface area (Å²) in [6, 6.07) is 18.0. The summed E-state index contributed by atoms with van der Waals surface area (Å²) in [6.07, 6.45) is 2.47. The van der Waals surface area contributed by atoms with E-state index >= 15 is 0 Å². The molecule has 0 bridgehead atoms. The van der Waals surface area contributed by atoms with Crippen LogP contribution in [-0.4, -0.2) is 42.8 Å². The molecule has 2 aromatic rings. The Labute approximate surface area is 159 Å². The highest BCUT2D eigenvalue weighted by atomic mass is 32.2. The van der Waals surface area contributed by atoms with Gasteiger partial charge in [-0.05, 0) is 49.7 Å². The van der Waals surface area contributed by atoms with E-state index in [9.17, 15) is 4.79 Å². The number of benzene rings is 2. The van der Waals surface area contributed by atoms with Gasteiger partial charge in [-0.15, -0.1) is 11.8 Å². The first kappa shape index (κ1) is 18.8. The molecule has 138 valence electrons. The Balaban J connectivity index is 1.39. The average Bonchev–Trinajstić information content (AvgIpc) is 2.68. The van der Waals surface area contributed by atoms with Crippen molar-refractivity contribution in [1.29, 1.82) is 0 Å². The summed E-state index contributed by atoms with van der Waals surface area (Å²) in [6.45, 7) is 2.73. The van der Waals surface area contributed by atoms with E-state index in [4.69, 9.17) is 4.74 Å². The van der Waals surface area contributed by atoms with Crippen molar-refractivity contribution in [2.24, 2.45) is 0 Å². The van der Waals surface area contributed by atoms with Crippen molar-refractivity contribution in [3.63, 3.8) is 0 Å².